The van der Waals surface area contributed by atoms with Gasteiger partial charge in [0.2, 0.25) is 0 Å². The summed E-state index contributed by atoms with van der Waals surface area (Å²) in [4.78, 5) is 5.19. The molecule has 0 saturated heterocycles. The van der Waals surface area contributed by atoms with E-state index in [-0.39, 0.29) is 23.5 Å². The Morgan fingerprint density at radius 1 is 1.53 bits per heavy atom. The number of nitrogens with zero attached hydrogens (tertiary/aromatic N) is 2. The standard InChI is InChI=1S/C10H12ClF3N2O/c1-6(5-17)16(2)9-8(11)3-7(4-15-9)10(12,13)14/h3-4,6,17H,5H2,1-2H3/t6-/m1/s1. The van der Waals surface area contributed by atoms with Crippen LogP contribution in [0.25, 0.3) is 0 Å². The molecule has 0 radical (unpaired) electrons. The lowest BCUT2D eigenvalue weighted by atomic mass is 10.2. The molecule has 1 aromatic heterocycles. The molecule has 0 fully saturated rings. The molecule has 0 aliphatic carbocycles. The highest BCUT2D eigenvalue weighted by molar-refractivity contribution is 6.33. The average Bonchev–Trinajstić information content (AvgIpc) is 2.25. The summed E-state index contributed by atoms with van der Waals surface area (Å²) in [5.74, 6) is 0.209. The molecule has 0 bridgehead atoms. The summed E-state index contributed by atoms with van der Waals surface area (Å²) in [6.07, 6.45) is -3.74. The molecular formula is C10H12ClF3N2O. The van der Waals surface area contributed by atoms with Gasteiger partial charge in [-0.1, -0.05) is 11.6 Å². The minimum atomic E-state index is -4.46. The maximum absolute atomic E-state index is 12.4. The van der Waals surface area contributed by atoms with Crippen LogP contribution in [0.3, 0.4) is 0 Å². The molecule has 0 aliphatic rings. The van der Waals surface area contributed by atoms with Crippen LogP contribution in [0.2, 0.25) is 5.02 Å². The van der Waals surface area contributed by atoms with Gasteiger partial charge in [-0.2, -0.15) is 13.2 Å². The van der Waals surface area contributed by atoms with Gasteiger partial charge in [0.15, 0.2) is 0 Å². The molecule has 17 heavy (non-hydrogen) atoms. The van der Waals surface area contributed by atoms with E-state index >= 15 is 0 Å². The van der Waals surface area contributed by atoms with Gasteiger partial charge in [0.25, 0.3) is 0 Å². The number of pyridine rings is 1. The van der Waals surface area contributed by atoms with Crippen LogP contribution in [0, 0.1) is 0 Å². The lowest BCUT2D eigenvalue weighted by Crippen LogP contribution is -2.32. The van der Waals surface area contributed by atoms with E-state index in [1.807, 2.05) is 0 Å². The van der Waals surface area contributed by atoms with Crippen LogP contribution in [0.4, 0.5) is 19.0 Å². The molecule has 1 heterocycles. The second-order valence-electron chi connectivity index (χ2n) is 3.67. The molecule has 1 aromatic rings. The summed E-state index contributed by atoms with van der Waals surface area (Å²) in [7, 11) is 1.60. The number of aliphatic hydroxyl groups excluding tert-OH is 1. The molecule has 0 unspecified atom stereocenters. The lowest BCUT2D eigenvalue weighted by molar-refractivity contribution is -0.137. The van der Waals surface area contributed by atoms with Crippen molar-refractivity contribution in [2.24, 2.45) is 0 Å². The van der Waals surface area contributed by atoms with E-state index < -0.39 is 11.7 Å². The maximum Gasteiger partial charge on any atom is 0.417 e. The van der Waals surface area contributed by atoms with Crippen molar-refractivity contribution >= 4 is 17.4 Å². The molecule has 0 amide bonds. The fourth-order valence-corrected chi connectivity index (χ4v) is 1.48. The van der Waals surface area contributed by atoms with E-state index in [4.69, 9.17) is 16.7 Å². The van der Waals surface area contributed by atoms with Crippen LogP contribution in [0.15, 0.2) is 12.3 Å². The van der Waals surface area contributed by atoms with Crippen LogP contribution in [0.5, 0.6) is 0 Å². The molecule has 1 atom stereocenters. The van der Waals surface area contributed by atoms with Gasteiger partial charge < -0.3 is 10.0 Å². The van der Waals surface area contributed by atoms with Gasteiger partial charge in [-0.05, 0) is 13.0 Å². The summed E-state index contributed by atoms with van der Waals surface area (Å²) >= 11 is 5.75. The zero-order valence-electron chi connectivity index (χ0n) is 9.29. The fourth-order valence-electron chi connectivity index (χ4n) is 1.18. The molecule has 3 nitrogen and oxygen atoms in total. The Labute approximate surface area is 102 Å². The number of halogens is 4. The van der Waals surface area contributed by atoms with E-state index in [0.717, 1.165) is 12.3 Å². The summed E-state index contributed by atoms with van der Waals surface area (Å²) in [5, 5.41) is 8.85. The third kappa shape index (κ3) is 3.23. The number of rotatable bonds is 3. The highest BCUT2D eigenvalue weighted by Crippen LogP contribution is 2.33. The first-order valence-corrected chi connectivity index (χ1v) is 5.21. The molecule has 1 N–H and O–H groups in total. The van der Waals surface area contributed by atoms with Crippen molar-refractivity contribution in [3.05, 3.63) is 22.8 Å². The fraction of sp³-hybridized carbons (Fsp3) is 0.500. The van der Waals surface area contributed by atoms with Crippen molar-refractivity contribution in [1.82, 2.24) is 4.98 Å². The first-order valence-electron chi connectivity index (χ1n) is 4.83. The largest absolute Gasteiger partial charge is 0.417 e. The quantitative estimate of drug-likeness (QED) is 0.915. The van der Waals surface area contributed by atoms with Gasteiger partial charge in [0.05, 0.1) is 23.2 Å². The lowest BCUT2D eigenvalue weighted by Gasteiger charge is -2.25. The first-order chi connectivity index (χ1) is 7.77. The van der Waals surface area contributed by atoms with E-state index in [9.17, 15) is 13.2 Å². The van der Waals surface area contributed by atoms with Crippen molar-refractivity contribution < 1.29 is 18.3 Å². The minimum Gasteiger partial charge on any atom is -0.394 e. The normalized spacial score (nSPS) is 13.6. The molecule has 0 saturated carbocycles. The van der Waals surface area contributed by atoms with Gasteiger partial charge in [-0.15, -0.1) is 0 Å². The number of alkyl halides is 3. The average molecular weight is 269 g/mol. The Balaban J connectivity index is 3.06. The van der Waals surface area contributed by atoms with Crippen LogP contribution in [0.1, 0.15) is 12.5 Å². The third-order valence-electron chi connectivity index (χ3n) is 2.41. The molecular weight excluding hydrogens is 257 g/mol. The number of aromatic nitrogens is 1. The number of hydrogen-bond acceptors (Lipinski definition) is 3. The van der Waals surface area contributed by atoms with E-state index in [1.165, 1.54) is 4.90 Å². The smallest absolute Gasteiger partial charge is 0.394 e. The van der Waals surface area contributed by atoms with Crippen LogP contribution < -0.4 is 4.90 Å². The monoisotopic (exact) mass is 268 g/mol. The molecule has 96 valence electrons. The van der Waals surface area contributed by atoms with Crippen LogP contribution in [-0.4, -0.2) is 29.8 Å². The zero-order chi connectivity index (χ0) is 13.2. The van der Waals surface area contributed by atoms with Crippen molar-refractivity contribution in [2.75, 3.05) is 18.6 Å². The SMILES string of the molecule is C[C@H](CO)N(C)c1ncc(C(F)(F)F)cc1Cl. The van der Waals surface area contributed by atoms with Gasteiger partial charge in [-0.25, -0.2) is 4.98 Å². The minimum absolute atomic E-state index is 0.0948. The van der Waals surface area contributed by atoms with Gasteiger partial charge in [0, 0.05) is 13.2 Å². The number of hydrogen-bond donors (Lipinski definition) is 1. The maximum atomic E-state index is 12.4. The number of likely N-dealkylation sites (N-methyl/N-ethyl adjacent to an activating group) is 1. The van der Waals surface area contributed by atoms with Crippen LogP contribution in [-0.2, 0) is 6.18 Å². The van der Waals surface area contributed by atoms with Crippen LogP contribution >= 0.6 is 11.6 Å². The zero-order valence-corrected chi connectivity index (χ0v) is 10.0. The van der Waals surface area contributed by atoms with Crippen molar-refractivity contribution in [3.8, 4) is 0 Å². The van der Waals surface area contributed by atoms with Crippen molar-refractivity contribution in [2.45, 2.75) is 19.1 Å². The second kappa shape index (κ2) is 5.10. The molecule has 0 aromatic carbocycles. The van der Waals surface area contributed by atoms with E-state index in [1.54, 1.807) is 14.0 Å². The topological polar surface area (TPSA) is 36.4 Å². The first kappa shape index (κ1) is 14.1. The number of aliphatic hydroxyl groups is 1. The second-order valence-corrected chi connectivity index (χ2v) is 4.08. The molecule has 0 aliphatic heterocycles. The third-order valence-corrected chi connectivity index (χ3v) is 2.69. The Hall–Kier alpha value is -1.01. The summed E-state index contributed by atoms with van der Waals surface area (Å²) < 4.78 is 37.1. The highest BCUT2D eigenvalue weighted by atomic mass is 35.5. The highest BCUT2D eigenvalue weighted by Gasteiger charge is 2.32. The van der Waals surface area contributed by atoms with E-state index in [2.05, 4.69) is 4.98 Å². The van der Waals surface area contributed by atoms with E-state index in [0.29, 0.717) is 0 Å². The van der Waals surface area contributed by atoms with Gasteiger partial charge >= 0.3 is 6.18 Å². The van der Waals surface area contributed by atoms with Crippen molar-refractivity contribution in [1.29, 1.82) is 0 Å². The Morgan fingerprint density at radius 3 is 2.53 bits per heavy atom. The predicted octanol–water partition coefficient (Wildman–Crippen LogP) is 2.57. The molecule has 7 heteroatoms. The Bertz CT molecular complexity index is 398. The van der Waals surface area contributed by atoms with Crippen molar-refractivity contribution in [3.63, 3.8) is 0 Å². The number of anilines is 1. The molecule has 1 rings (SSSR count). The predicted molar refractivity (Wildman–Crippen MR) is 59.2 cm³/mol. The Kier molecular flexibility index (Phi) is 4.21. The Morgan fingerprint density at radius 2 is 2.12 bits per heavy atom. The summed E-state index contributed by atoms with van der Waals surface area (Å²) in [6.45, 7) is 1.56. The summed E-state index contributed by atoms with van der Waals surface area (Å²) in [6, 6.07) is 0.543. The molecule has 0 spiro atoms. The van der Waals surface area contributed by atoms with Gasteiger partial charge in [-0.3, -0.25) is 0 Å². The summed E-state index contributed by atoms with van der Waals surface area (Å²) in [5.41, 5.74) is -0.892. The van der Waals surface area contributed by atoms with Gasteiger partial charge in [0.1, 0.15) is 5.82 Å².